The molecule has 0 bridgehead atoms. The largest absolute Gasteiger partial charge is 0.134 e. The molecule has 1 saturated carbocycles. The molecule has 1 unspecified atom stereocenters. The molecule has 1 heteroatoms. The van der Waals surface area contributed by atoms with Crippen LogP contribution in [0.15, 0.2) is 24.1 Å². The highest BCUT2D eigenvalue weighted by molar-refractivity contribution is 8.02. The van der Waals surface area contributed by atoms with Crippen LogP contribution < -0.4 is 0 Å². The Labute approximate surface area is 80.1 Å². The van der Waals surface area contributed by atoms with E-state index in [1.165, 1.54) is 43.4 Å². The molecule has 0 N–H and O–H groups in total. The van der Waals surface area contributed by atoms with Crippen LogP contribution in [0.4, 0.5) is 0 Å². The number of hydrogen-bond acceptors (Lipinski definition) is 1. The van der Waals surface area contributed by atoms with Crippen molar-refractivity contribution >= 4 is 11.8 Å². The van der Waals surface area contributed by atoms with E-state index < -0.39 is 0 Å². The number of thioether (sulfide) groups is 1. The molecule has 0 aliphatic heterocycles. The summed E-state index contributed by atoms with van der Waals surface area (Å²) in [6.07, 6.45) is 6.74. The van der Waals surface area contributed by atoms with Crippen molar-refractivity contribution in [2.45, 2.75) is 32.1 Å². The maximum absolute atomic E-state index is 4.16. The zero-order valence-electron chi connectivity index (χ0n) is 7.72. The lowest BCUT2D eigenvalue weighted by molar-refractivity contribution is 0.605. The fourth-order valence-electron chi connectivity index (χ4n) is 1.71. The second-order valence-corrected chi connectivity index (χ2v) is 4.45. The Bertz CT molecular complexity index is 160. The van der Waals surface area contributed by atoms with Gasteiger partial charge in [0.1, 0.15) is 0 Å². The van der Waals surface area contributed by atoms with Crippen molar-refractivity contribution in [3.05, 3.63) is 24.1 Å². The number of allylic oxidation sites excluding steroid dienone is 1. The summed E-state index contributed by atoms with van der Waals surface area (Å²) in [5.74, 6) is 1.96. The zero-order chi connectivity index (χ0) is 8.81. The van der Waals surface area contributed by atoms with Crippen LogP contribution in [0.1, 0.15) is 32.1 Å². The van der Waals surface area contributed by atoms with Gasteiger partial charge in [-0.3, -0.25) is 0 Å². The van der Waals surface area contributed by atoms with E-state index in [9.17, 15) is 0 Å². The maximum Gasteiger partial charge on any atom is 0.00394 e. The van der Waals surface area contributed by atoms with E-state index in [0.29, 0.717) is 0 Å². The van der Waals surface area contributed by atoms with Gasteiger partial charge in [0.05, 0.1) is 0 Å². The summed E-state index contributed by atoms with van der Waals surface area (Å²) in [6.45, 7) is 7.89. The first-order valence-corrected chi connectivity index (χ1v) is 5.79. The van der Waals surface area contributed by atoms with Gasteiger partial charge in [0, 0.05) is 5.75 Å². The van der Waals surface area contributed by atoms with E-state index in [1.54, 1.807) is 0 Å². The minimum atomic E-state index is 0.760. The lowest BCUT2D eigenvalue weighted by atomic mass is 9.98. The van der Waals surface area contributed by atoms with Crippen molar-refractivity contribution in [2.75, 3.05) is 5.75 Å². The molecule has 0 radical (unpaired) electrons. The highest BCUT2D eigenvalue weighted by Gasteiger charge is 2.14. The minimum absolute atomic E-state index is 0.760. The van der Waals surface area contributed by atoms with Crippen molar-refractivity contribution in [3.8, 4) is 0 Å². The van der Waals surface area contributed by atoms with E-state index in [1.807, 2.05) is 17.2 Å². The molecule has 1 aliphatic rings. The van der Waals surface area contributed by atoms with E-state index >= 15 is 0 Å². The Morgan fingerprint density at radius 1 is 1.42 bits per heavy atom. The molecular weight excluding hydrogens is 164 g/mol. The zero-order valence-corrected chi connectivity index (χ0v) is 8.54. The van der Waals surface area contributed by atoms with Crippen LogP contribution in [0.25, 0.3) is 0 Å². The number of rotatable bonds is 3. The Morgan fingerprint density at radius 3 is 3.00 bits per heavy atom. The molecule has 0 spiro atoms. The van der Waals surface area contributed by atoms with Gasteiger partial charge in [-0.15, -0.1) is 11.8 Å². The smallest absolute Gasteiger partial charge is 0.00394 e. The molecule has 0 amide bonds. The average Bonchev–Trinajstić information content (AvgIpc) is 2.27. The first-order valence-electron chi connectivity index (χ1n) is 4.74. The molecule has 12 heavy (non-hydrogen) atoms. The second kappa shape index (κ2) is 5.47. The van der Waals surface area contributed by atoms with Crippen LogP contribution in [0.5, 0.6) is 0 Å². The van der Waals surface area contributed by atoms with Crippen molar-refractivity contribution in [1.82, 2.24) is 0 Å². The van der Waals surface area contributed by atoms with Gasteiger partial charge in [-0.25, -0.2) is 0 Å². The Balaban J connectivity index is 2.36. The van der Waals surface area contributed by atoms with Crippen LogP contribution >= 0.6 is 11.8 Å². The Morgan fingerprint density at radius 2 is 2.25 bits per heavy atom. The predicted molar refractivity (Wildman–Crippen MR) is 58.4 cm³/mol. The molecule has 1 aliphatic carbocycles. The van der Waals surface area contributed by atoms with E-state index in [4.69, 9.17) is 0 Å². The van der Waals surface area contributed by atoms with Gasteiger partial charge >= 0.3 is 0 Å². The second-order valence-electron chi connectivity index (χ2n) is 3.45. The molecule has 1 fully saturated rings. The van der Waals surface area contributed by atoms with Gasteiger partial charge in [-0.2, -0.15) is 0 Å². The summed E-state index contributed by atoms with van der Waals surface area (Å²) in [6, 6.07) is 0. The van der Waals surface area contributed by atoms with Crippen LogP contribution in [-0.2, 0) is 0 Å². The SMILES string of the molecule is C=CSCC1CCCCCC1=C. The summed E-state index contributed by atoms with van der Waals surface area (Å²) < 4.78 is 0. The standard InChI is InChI=1S/C11H18S/c1-3-12-9-11-8-6-4-5-7-10(11)2/h3,11H,1-2,4-9H2. The fraction of sp³-hybridized carbons (Fsp3) is 0.636. The van der Waals surface area contributed by atoms with Gasteiger partial charge in [0.15, 0.2) is 0 Å². The summed E-state index contributed by atoms with van der Waals surface area (Å²) >= 11 is 1.83. The van der Waals surface area contributed by atoms with Crippen molar-refractivity contribution < 1.29 is 0 Å². The normalized spacial score (nSPS) is 25.0. The van der Waals surface area contributed by atoms with Gasteiger partial charge in [0.25, 0.3) is 0 Å². The van der Waals surface area contributed by atoms with E-state index in [-0.39, 0.29) is 0 Å². The molecule has 0 aromatic carbocycles. The maximum atomic E-state index is 4.16. The van der Waals surface area contributed by atoms with Crippen LogP contribution in [-0.4, -0.2) is 5.75 Å². The summed E-state index contributed by atoms with van der Waals surface area (Å²) in [4.78, 5) is 0. The minimum Gasteiger partial charge on any atom is -0.134 e. The summed E-state index contributed by atoms with van der Waals surface area (Å²) in [5, 5.41) is 1.94. The molecule has 0 aromatic rings. The van der Waals surface area contributed by atoms with Crippen molar-refractivity contribution in [3.63, 3.8) is 0 Å². The molecule has 1 atom stereocenters. The third kappa shape index (κ3) is 3.06. The Hall–Kier alpha value is -0.170. The highest BCUT2D eigenvalue weighted by atomic mass is 32.2. The van der Waals surface area contributed by atoms with Crippen LogP contribution in [0.3, 0.4) is 0 Å². The monoisotopic (exact) mass is 182 g/mol. The average molecular weight is 182 g/mol. The molecule has 0 nitrogen and oxygen atoms in total. The lowest BCUT2D eigenvalue weighted by Gasteiger charge is -2.14. The van der Waals surface area contributed by atoms with Gasteiger partial charge in [-0.05, 0) is 30.6 Å². The van der Waals surface area contributed by atoms with Crippen LogP contribution in [0.2, 0.25) is 0 Å². The first-order chi connectivity index (χ1) is 5.84. The third-order valence-corrected chi connectivity index (χ3v) is 3.37. The van der Waals surface area contributed by atoms with E-state index in [0.717, 1.165) is 5.92 Å². The Kier molecular flexibility index (Phi) is 4.52. The first kappa shape index (κ1) is 9.91. The molecule has 0 saturated heterocycles. The third-order valence-electron chi connectivity index (χ3n) is 2.54. The highest BCUT2D eigenvalue weighted by Crippen LogP contribution is 2.29. The lowest BCUT2D eigenvalue weighted by Crippen LogP contribution is -2.04. The van der Waals surface area contributed by atoms with E-state index in [2.05, 4.69) is 13.2 Å². The molecule has 68 valence electrons. The quantitative estimate of drug-likeness (QED) is 0.469. The molecule has 0 aromatic heterocycles. The topological polar surface area (TPSA) is 0 Å². The number of hydrogen-bond donors (Lipinski definition) is 0. The van der Waals surface area contributed by atoms with Crippen molar-refractivity contribution in [2.24, 2.45) is 5.92 Å². The van der Waals surface area contributed by atoms with Gasteiger partial charge in [0.2, 0.25) is 0 Å². The van der Waals surface area contributed by atoms with Crippen LogP contribution in [0, 0.1) is 5.92 Å². The molecule has 0 heterocycles. The summed E-state index contributed by atoms with van der Waals surface area (Å²) in [5.41, 5.74) is 1.47. The van der Waals surface area contributed by atoms with Gasteiger partial charge < -0.3 is 0 Å². The predicted octanol–water partition coefficient (Wildman–Crippen LogP) is 4.00. The van der Waals surface area contributed by atoms with Crippen molar-refractivity contribution in [1.29, 1.82) is 0 Å². The molecular formula is C11H18S. The summed E-state index contributed by atoms with van der Waals surface area (Å²) in [7, 11) is 0. The molecule has 1 rings (SSSR count). The van der Waals surface area contributed by atoms with Gasteiger partial charge in [-0.1, -0.05) is 31.6 Å². The fourth-order valence-corrected chi connectivity index (χ4v) is 2.48.